The first-order valence-electron chi connectivity index (χ1n) is 7.31. The lowest BCUT2D eigenvalue weighted by Crippen LogP contribution is -2.20. The minimum absolute atomic E-state index is 0.222. The Morgan fingerprint density at radius 1 is 1.08 bits per heavy atom. The van der Waals surface area contributed by atoms with Crippen LogP contribution in [0.25, 0.3) is 5.69 Å². The molecule has 0 aliphatic rings. The molecule has 0 aliphatic heterocycles. The molecular weight excluding hydrogens is 302 g/mol. The van der Waals surface area contributed by atoms with E-state index in [1.54, 1.807) is 41.5 Å². The summed E-state index contributed by atoms with van der Waals surface area (Å²) in [5, 5.41) is 4.40. The number of hydrogen-bond donors (Lipinski definition) is 1. The van der Waals surface area contributed by atoms with Crippen molar-refractivity contribution in [2.24, 2.45) is 10.7 Å². The lowest BCUT2D eigenvalue weighted by molar-refractivity contribution is 0.827. The van der Waals surface area contributed by atoms with Crippen LogP contribution in [-0.2, 0) is 0 Å². The zero-order chi connectivity index (χ0) is 16.8. The maximum absolute atomic E-state index is 12.3. The van der Waals surface area contributed by atoms with E-state index in [-0.39, 0.29) is 11.1 Å². The maximum atomic E-state index is 12.3. The molecule has 0 radical (unpaired) electrons. The van der Waals surface area contributed by atoms with Gasteiger partial charge < -0.3 is 5.73 Å². The van der Waals surface area contributed by atoms with E-state index in [1.165, 1.54) is 12.3 Å². The molecule has 6 heteroatoms. The third kappa shape index (κ3) is 3.44. The number of nitrogens with zero attached hydrogens (tertiary/aromatic N) is 4. The van der Waals surface area contributed by atoms with Crippen molar-refractivity contribution in [2.75, 3.05) is 0 Å². The summed E-state index contributed by atoms with van der Waals surface area (Å²) in [6.07, 6.45) is 7.83. The molecule has 24 heavy (non-hydrogen) atoms. The predicted octanol–water partition coefficient (Wildman–Crippen LogP) is 2.22. The van der Waals surface area contributed by atoms with Gasteiger partial charge in [0, 0.05) is 24.7 Å². The van der Waals surface area contributed by atoms with Gasteiger partial charge in [-0.25, -0.2) is 9.67 Å². The van der Waals surface area contributed by atoms with E-state index in [1.807, 2.05) is 30.3 Å². The van der Waals surface area contributed by atoms with Gasteiger partial charge in [-0.1, -0.05) is 18.2 Å². The van der Waals surface area contributed by atoms with Crippen LogP contribution in [0.15, 0.2) is 89.2 Å². The summed E-state index contributed by atoms with van der Waals surface area (Å²) >= 11 is 0. The van der Waals surface area contributed by atoms with E-state index >= 15 is 0 Å². The van der Waals surface area contributed by atoms with E-state index < -0.39 is 0 Å². The number of aromatic nitrogens is 3. The van der Waals surface area contributed by atoms with E-state index in [0.717, 1.165) is 5.69 Å². The van der Waals surface area contributed by atoms with Gasteiger partial charge in [0.25, 0.3) is 0 Å². The molecule has 3 rings (SSSR count). The van der Waals surface area contributed by atoms with Crippen molar-refractivity contribution in [3.05, 3.63) is 95.3 Å². The smallest absolute Gasteiger partial charge is 0.209 e. The van der Waals surface area contributed by atoms with Crippen molar-refractivity contribution < 1.29 is 0 Å². The molecule has 1 aromatic carbocycles. The van der Waals surface area contributed by atoms with Crippen LogP contribution in [0.4, 0.5) is 5.69 Å². The number of allylic oxidation sites excluding steroid dienone is 1. The maximum Gasteiger partial charge on any atom is 0.209 e. The van der Waals surface area contributed by atoms with Gasteiger partial charge in [-0.2, -0.15) is 5.10 Å². The monoisotopic (exact) mass is 317 g/mol. The molecule has 6 nitrogen and oxygen atoms in total. The minimum atomic E-state index is -0.229. The molecule has 2 aromatic heterocycles. The first-order valence-corrected chi connectivity index (χ1v) is 7.31. The highest BCUT2D eigenvalue weighted by molar-refractivity contribution is 6.08. The Bertz CT molecular complexity index is 930. The van der Waals surface area contributed by atoms with Gasteiger partial charge in [-0.05, 0) is 36.5 Å². The second kappa shape index (κ2) is 7.15. The molecule has 3 aromatic rings. The number of pyridine rings is 1. The molecule has 0 aliphatic carbocycles. The SMILES string of the molecule is NC=CC(=Nc1ccccc1)c1nn(-c2ccncc2)ccc1=O. The second-order valence-electron chi connectivity index (χ2n) is 4.87. The van der Waals surface area contributed by atoms with E-state index in [2.05, 4.69) is 15.1 Å². The summed E-state index contributed by atoms with van der Waals surface area (Å²) in [4.78, 5) is 20.7. The molecule has 0 saturated carbocycles. The normalized spacial score (nSPS) is 11.8. The van der Waals surface area contributed by atoms with Crippen molar-refractivity contribution in [1.29, 1.82) is 0 Å². The summed E-state index contributed by atoms with van der Waals surface area (Å²) in [5.41, 5.74) is 7.41. The zero-order valence-corrected chi connectivity index (χ0v) is 12.8. The largest absolute Gasteiger partial charge is 0.405 e. The molecule has 0 unspecified atom stereocenters. The molecule has 2 heterocycles. The molecule has 0 atom stereocenters. The van der Waals surface area contributed by atoms with Crippen molar-refractivity contribution >= 4 is 11.4 Å². The number of para-hydroxylation sites is 1. The Balaban J connectivity index is 2.12. The molecule has 2 N–H and O–H groups in total. The van der Waals surface area contributed by atoms with E-state index in [0.29, 0.717) is 11.4 Å². The Morgan fingerprint density at radius 2 is 1.83 bits per heavy atom. The Labute approximate surface area is 138 Å². The summed E-state index contributed by atoms with van der Waals surface area (Å²) in [7, 11) is 0. The van der Waals surface area contributed by atoms with Gasteiger partial charge in [0.1, 0.15) is 0 Å². The van der Waals surface area contributed by atoms with E-state index in [4.69, 9.17) is 5.73 Å². The Morgan fingerprint density at radius 3 is 2.54 bits per heavy atom. The number of benzene rings is 1. The van der Waals surface area contributed by atoms with Crippen LogP contribution >= 0.6 is 0 Å². The fraction of sp³-hybridized carbons (Fsp3) is 0. The highest BCUT2D eigenvalue weighted by atomic mass is 16.1. The first kappa shape index (κ1) is 15.4. The summed E-state index contributed by atoms with van der Waals surface area (Å²) in [6.45, 7) is 0. The Hall–Kier alpha value is -3.54. The standard InChI is InChI=1S/C18H15N5O/c19-10-6-16(21-14-4-2-1-3-5-14)18-17(24)9-13-23(22-18)15-7-11-20-12-8-15/h1-13H,19H2. The summed E-state index contributed by atoms with van der Waals surface area (Å²) in [6, 6.07) is 14.4. The van der Waals surface area contributed by atoms with Crippen LogP contribution in [-0.4, -0.2) is 20.5 Å². The number of rotatable bonds is 4. The van der Waals surface area contributed by atoms with Crippen molar-refractivity contribution in [3.63, 3.8) is 0 Å². The zero-order valence-electron chi connectivity index (χ0n) is 12.8. The molecular formula is C18H15N5O. The highest BCUT2D eigenvalue weighted by Crippen LogP contribution is 2.12. The summed E-state index contributed by atoms with van der Waals surface area (Å²) < 4.78 is 1.60. The quantitative estimate of drug-likeness (QED) is 0.748. The van der Waals surface area contributed by atoms with Crippen LogP contribution in [0.1, 0.15) is 5.69 Å². The first-order chi connectivity index (χ1) is 11.8. The predicted molar refractivity (Wildman–Crippen MR) is 93.6 cm³/mol. The number of aliphatic imine (C=N–C) groups is 1. The third-order valence-electron chi connectivity index (χ3n) is 3.24. The fourth-order valence-corrected chi connectivity index (χ4v) is 2.13. The highest BCUT2D eigenvalue weighted by Gasteiger charge is 2.09. The van der Waals surface area contributed by atoms with Crippen LogP contribution in [0.5, 0.6) is 0 Å². The number of nitrogens with two attached hydrogens (primary N) is 1. The van der Waals surface area contributed by atoms with Gasteiger partial charge in [-0.15, -0.1) is 0 Å². The fourth-order valence-electron chi connectivity index (χ4n) is 2.13. The van der Waals surface area contributed by atoms with Gasteiger partial charge >= 0.3 is 0 Å². The third-order valence-corrected chi connectivity index (χ3v) is 3.24. The van der Waals surface area contributed by atoms with Crippen molar-refractivity contribution in [3.8, 4) is 5.69 Å². The molecule has 0 spiro atoms. The topological polar surface area (TPSA) is 86.2 Å². The molecule has 118 valence electrons. The van der Waals surface area contributed by atoms with Crippen molar-refractivity contribution in [1.82, 2.24) is 14.8 Å². The molecule has 0 amide bonds. The van der Waals surface area contributed by atoms with Gasteiger partial charge in [0.2, 0.25) is 5.43 Å². The average molecular weight is 317 g/mol. The van der Waals surface area contributed by atoms with Crippen LogP contribution in [0, 0.1) is 0 Å². The van der Waals surface area contributed by atoms with Gasteiger partial charge in [0.15, 0.2) is 5.69 Å². The van der Waals surface area contributed by atoms with Gasteiger partial charge in [-0.3, -0.25) is 9.78 Å². The van der Waals surface area contributed by atoms with Crippen LogP contribution in [0.2, 0.25) is 0 Å². The van der Waals surface area contributed by atoms with Gasteiger partial charge in [0.05, 0.1) is 17.1 Å². The average Bonchev–Trinajstić information content (AvgIpc) is 2.63. The lowest BCUT2D eigenvalue weighted by atomic mass is 10.2. The molecule has 0 bridgehead atoms. The molecule has 0 saturated heterocycles. The summed E-state index contributed by atoms with van der Waals surface area (Å²) in [5.74, 6) is 0. The second-order valence-corrected chi connectivity index (χ2v) is 4.87. The Kier molecular flexibility index (Phi) is 4.57. The van der Waals surface area contributed by atoms with Crippen LogP contribution < -0.4 is 11.2 Å². The van der Waals surface area contributed by atoms with Crippen molar-refractivity contribution in [2.45, 2.75) is 0 Å². The lowest BCUT2D eigenvalue weighted by Gasteiger charge is -2.07. The molecule has 0 fully saturated rings. The number of hydrogen-bond acceptors (Lipinski definition) is 5. The van der Waals surface area contributed by atoms with Crippen LogP contribution in [0.3, 0.4) is 0 Å². The van der Waals surface area contributed by atoms with E-state index in [9.17, 15) is 4.79 Å². The minimum Gasteiger partial charge on any atom is -0.405 e.